The van der Waals surface area contributed by atoms with Crippen molar-refractivity contribution in [1.29, 1.82) is 0 Å². The van der Waals surface area contributed by atoms with Gasteiger partial charge in [0.25, 0.3) is 0 Å². The highest BCUT2D eigenvalue weighted by Crippen LogP contribution is 2.30. The first-order valence-electron chi connectivity index (χ1n) is 6.45. The number of aromatic nitrogens is 1. The zero-order valence-electron chi connectivity index (χ0n) is 11.1. The summed E-state index contributed by atoms with van der Waals surface area (Å²) < 4.78 is 27.5. The number of hydrogen-bond acceptors (Lipinski definition) is 3. The predicted molar refractivity (Wildman–Crippen MR) is 77.3 cm³/mol. The van der Waals surface area contributed by atoms with Gasteiger partial charge in [0.05, 0.1) is 6.04 Å². The number of nitrogens with one attached hydrogen (secondary N) is 1. The molecule has 5 heteroatoms. The van der Waals surface area contributed by atoms with Crippen LogP contribution in [0.5, 0.6) is 0 Å². The van der Waals surface area contributed by atoms with Gasteiger partial charge in [-0.25, -0.2) is 14.2 Å². The van der Waals surface area contributed by atoms with E-state index in [1.807, 2.05) is 24.3 Å². The summed E-state index contributed by atoms with van der Waals surface area (Å²) in [4.78, 5) is 4.06. The molecule has 2 aromatic carbocycles. The average Bonchev–Trinajstić information content (AvgIpc) is 2.52. The third kappa shape index (κ3) is 2.37. The molecule has 21 heavy (non-hydrogen) atoms. The highest BCUT2D eigenvalue weighted by Gasteiger charge is 2.20. The minimum absolute atomic E-state index is 0.168. The molecule has 0 radical (unpaired) electrons. The molecule has 106 valence electrons. The lowest BCUT2D eigenvalue weighted by molar-refractivity contribution is 0.483. The fraction of sp³-hybridized carbons (Fsp3) is 0.0625. The first-order valence-corrected chi connectivity index (χ1v) is 6.45. The molecule has 3 rings (SSSR count). The van der Waals surface area contributed by atoms with E-state index in [0.717, 1.165) is 22.4 Å². The number of nitrogens with zero attached hydrogens (tertiary/aromatic N) is 1. The molecule has 0 spiro atoms. The summed E-state index contributed by atoms with van der Waals surface area (Å²) in [6, 6.07) is 10.8. The number of pyridine rings is 1. The van der Waals surface area contributed by atoms with Gasteiger partial charge >= 0.3 is 0 Å². The van der Waals surface area contributed by atoms with Gasteiger partial charge in [-0.2, -0.15) is 0 Å². The van der Waals surface area contributed by atoms with Crippen LogP contribution in [0, 0.1) is 11.6 Å². The average molecular weight is 285 g/mol. The molecular formula is C16H13F2N3. The summed E-state index contributed by atoms with van der Waals surface area (Å²) in [6.45, 7) is 0. The molecule has 0 saturated heterocycles. The summed E-state index contributed by atoms with van der Waals surface area (Å²) in [6.07, 6.45) is 3.37. The van der Waals surface area contributed by atoms with E-state index in [9.17, 15) is 8.78 Å². The van der Waals surface area contributed by atoms with Crippen LogP contribution in [-0.2, 0) is 0 Å². The summed E-state index contributed by atoms with van der Waals surface area (Å²) >= 11 is 0. The Kier molecular flexibility index (Phi) is 3.60. The highest BCUT2D eigenvalue weighted by atomic mass is 19.2. The van der Waals surface area contributed by atoms with Gasteiger partial charge in [-0.3, -0.25) is 10.8 Å². The van der Waals surface area contributed by atoms with E-state index in [-0.39, 0.29) is 5.56 Å². The van der Waals surface area contributed by atoms with E-state index in [1.165, 1.54) is 12.1 Å². The lowest BCUT2D eigenvalue weighted by Crippen LogP contribution is -2.30. The Labute approximate surface area is 120 Å². The lowest BCUT2D eigenvalue weighted by Gasteiger charge is -2.19. The smallest absolute Gasteiger partial charge is 0.163 e. The summed E-state index contributed by atoms with van der Waals surface area (Å²) in [7, 11) is 0. The second kappa shape index (κ2) is 5.55. The van der Waals surface area contributed by atoms with E-state index in [0.29, 0.717) is 0 Å². The Bertz CT molecular complexity index is 784. The minimum atomic E-state index is -0.897. The monoisotopic (exact) mass is 285 g/mol. The van der Waals surface area contributed by atoms with Crippen molar-refractivity contribution in [2.24, 2.45) is 5.84 Å². The van der Waals surface area contributed by atoms with Gasteiger partial charge in [0.15, 0.2) is 11.6 Å². The van der Waals surface area contributed by atoms with Gasteiger partial charge in [0.1, 0.15) is 0 Å². The molecule has 3 N–H and O–H groups in total. The topological polar surface area (TPSA) is 50.9 Å². The van der Waals surface area contributed by atoms with Crippen molar-refractivity contribution in [3.8, 4) is 0 Å². The molecular weight excluding hydrogens is 272 g/mol. The van der Waals surface area contributed by atoms with Crippen LogP contribution >= 0.6 is 0 Å². The van der Waals surface area contributed by atoms with Crippen LogP contribution in [0.2, 0.25) is 0 Å². The van der Waals surface area contributed by atoms with Crippen molar-refractivity contribution in [3.05, 3.63) is 77.6 Å². The van der Waals surface area contributed by atoms with Crippen LogP contribution in [-0.4, -0.2) is 4.98 Å². The number of hydrazine groups is 1. The van der Waals surface area contributed by atoms with Gasteiger partial charge < -0.3 is 0 Å². The normalized spacial score (nSPS) is 12.5. The number of rotatable bonds is 3. The van der Waals surface area contributed by atoms with Crippen molar-refractivity contribution in [2.45, 2.75) is 6.04 Å². The molecule has 0 saturated carbocycles. The number of hydrogen-bond donors (Lipinski definition) is 2. The molecule has 1 atom stereocenters. The second-order valence-corrected chi connectivity index (χ2v) is 4.69. The van der Waals surface area contributed by atoms with Crippen molar-refractivity contribution in [1.82, 2.24) is 10.4 Å². The van der Waals surface area contributed by atoms with Crippen LogP contribution in [0.3, 0.4) is 0 Å². The number of fused-ring (bicyclic) bond motifs is 1. The predicted octanol–water partition coefficient (Wildman–Crippen LogP) is 3.07. The highest BCUT2D eigenvalue weighted by molar-refractivity contribution is 5.85. The van der Waals surface area contributed by atoms with Crippen molar-refractivity contribution >= 4 is 10.8 Å². The molecule has 0 fully saturated rings. The third-order valence-electron chi connectivity index (χ3n) is 3.48. The molecule has 0 amide bonds. The Morgan fingerprint density at radius 1 is 1.00 bits per heavy atom. The van der Waals surface area contributed by atoms with Crippen LogP contribution in [0.1, 0.15) is 17.2 Å². The number of halogens is 2. The number of benzene rings is 2. The maximum atomic E-state index is 14.0. The van der Waals surface area contributed by atoms with Gasteiger partial charge in [-0.1, -0.05) is 30.3 Å². The molecule has 0 aliphatic rings. The summed E-state index contributed by atoms with van der Waals surface area (Å²) in [5.41, 5.74) is 3.50. The zero-order valence-corrected chi connectivity index (χ0v) is 11.1. The zero-order chi connectivity index (χ0) is 14.8. The van der Waals surface area contributed by atoms with E-state index >= 15 is 0 Å². The van der Waals surface area contributed by atoms with Gasteiger partial charge in [-0.15, -0.1) is 0 Å². The van der Waals surface area contributed by atoms with Gasteiger partial charge in [-0.05, 0) is 23.1 Å². The molecule has 0 aliphatic heterocycles. The van der Waals surface area contributed by atoms with Crippen molar-refractivity contribution in [2.75, 3.05) is 0 Å². The first-order chi connectivity index (χ1) is 10.2. The van der Waals surface area contributed by atoms with Gasteiger partial charge in [0.2, 0.25) is 0 Å². The molecule has 1 heterocycles. The van der Waals surface area contributed by atoms with Crippen molar-refractivity contribution < 1.29 is 8.78 Å². The van der Waals surface area contributed by atoms with Crippen LogP contribution < -0.4 is 11.3 Å². The quantitative estimate of drug-likeness (QED) is 0.574. The van der Waals surface area contributed by atoms with E-state index in [1.54, 1.807) is 12.4 Å². The maximum Gasteiger partial charge on any atom is 0.163 e. The second-order valence-electron chi connectivity index (χ2n) is 4.69. The standard InChI is InChI=1S/C16H13F2N3/c17-14-6-2-5-13(15(14)18)16(21-19)12-4-1-3-10-9-20-8-7-11(10)12/h1-9,16,21H,19H2. The molecule has 1 aromatic heterocycles. The number of nitrogens with two attached hydrogens (primary N) is 1. The maximum absolute atomic E-state index is 14.0. The molecule has 0 bridgehead atoms. The van der Waals surface area contributed by atoms with Crippen LogP contribution in [0.15, 0.2) is 54.9 Å². The van der Waals surface area contributed by atoms with E-state index in [4.69, 9.17) is 5.84 Å². The van der Waals surface area contributed by atoms with E-state index < -0.39 is 17.7 Å². The van der Waals surface area contributed by atoms with E-state index in [2.05, 4.69) is 10.4 Å². The fourth-order valence-corrected chi connectivity index (χ4v) is 2.49. The fourth-order valence-electron chi connectivity index (χ4n) is 2.49. The summed E-state index contributed by atoms with van der Waals surface area (Å²) in [5, 5.41) is 1.80. The van der Waals surface area contributed by atoms with Gasteiger partial charge in [0, 0.05) is 23.3 Å². The van der Waals surface area contributed by atoms with Crippen LogP contribution in [0.25, 0.3) is 10.8 Å². The largest absolute Gasteiger partial charge is 0.271 e. The molecule has 1 unspecified atom stereocenters. The Morgan fingerprint density at radius 2 is 1.76 bits per heavy atom. The minimum Gasteiger partial charge on any atom is -0.271 e. The molecule has 0 aliphatic carbocycles. The Morgan fingerprint density at radius 3 is 2.57 bits per heavy atom. The van der Waals surface area contributed by atoms with Crippen LogP contribution in [0.4, 0.5) is 8.78 Å². The SMILES string of the molecule is NNC(c1cccc(F)c1F)c1cccc2cnccc12. The molecule has 3 aromatic rings. The Balaban J connectivity index is 2.21. The van der Waals surface area contributed by atoms with Crippen molar-refractivity contribution in [3.63, 3.8) is 0 Å². The third-order valence-corrected chi connectivity index (χ3v) is 3.48. The molecule has 3 nitrogen and oxygen atoms in total. The summed E-state index contributed by atoms with van der Waals surface area (Å²) in [5.74, 6) is 3.80. The lowest BCUT2D eigenvalue weighted by atomic mass is 9.94. The Hall–Kier alpha value is -2.37. The first kappa shape index (κ1) is 13.6.